The Morgan fingerprint density at radius 1 is 1.11 bits per heavy atom. The molecule has 0 aromatic heterocycles. The molecule has 2 rings (SSSR count). The van der Waals surface area contributed by atoms with Crippen LogP contribution in [0.2, 0.25) is 0 Å². The van der Waals surface area contributed by atoms with E-state index in [9.17, 15) is 23.1 Å². The van der Waals surface area contributed by atoms with E-state index >= 15 is 0 Å². The third-order valence-electron chi connectivity index (χ3n) is 2.54. The van der Waals surface area contributed by atoms with Gasteiger partial charge in [0.15, 0.2) is 0 Å². The summed E-state index contributed by atoms with van der Waals surface area (Å²) in [5.74, 6) is -1.87. The third-order valence-corrected chi connectivity index (χ3v) is 2.54. The number of rotatable bonds is 1. The SMILES string of the molecule is O=C(O)c1c(O)ccc2cc(C(F)(F)F)ccc12. The van der Waals surface area contributed by atoms with Gasteiger partial charge in [-0.1, -0.05) is 12.1 Å². The fraction of sp³-hybridized carbons (Fsp3) is 0.0833. The molecule has 0 radical (unpaired) electrons. The molecule has 0 amide bonds. The molecular formula is C12H7F3O3. The van der Waals surface area contributed by atoms with E-state index in [4.69, 9.17) is 5.11 Å². The zero-order valence-corrected chi connectivity index (χ0v) is 8.82. The van der Waals surface area contributed by atoms with Gasteiger partial charge in [-0.05, 0) is 29.0 Å². The molecule has 18 heavy (non-hydrogen) atoms. The van der Waals surface area contributed by atoms with Crippen LogP contribution in [0.25, 0.3) is 10.8 Å². The van der Waals surface area contributed by atoms with Crippen molar-refractivity contribution >= 4 is 16.7 Å². The van der Waals surface area contributed by atoms with Gasteiger partial charge in [0.25, 0.3) is 0 Å². The van der Waals surface area contributed by atoms with E-state index in [0.717, 1.165) is 24.3 Å². The smallest absolute Gasteiger partial charge is 0.416 e. The van der Waals surface area contributed by atoms with Crippen molar-refractivity contribution in [3.63, 3.8) is 0 Å². The van der Waals surface area contributed by atoms with Crippen LogP contribution in [-0.2, 0) is 6.18 Å². The average Bonchev–Trinajstić information content (AvgIpc) is 2.26. The summed E-state index contributed by atoms with van der Waals surface area (Å²) in [4.78, 5) is 10.9. The number of fused-ring (bicyclic) bond motifs is 1. The van der Waals surface area contributed by atoms with Crippen molar-refractivity contribution in [3.05, 3.63) is 41.5 Å². The lowest BCUT2D eigenvalue weighted by Crippen LogP contribution is -2.05. The highest BCUT2D eigenvalue weighted by Crippen LogP contribution is 2.34. The molecule has 2 aromatic carbocycles. The number of carboxylic acid groups (broad SMARTS) is 1. The summed E-state index contributed by atoms with van der Waals surface area (Å²) in [5, 5.41) is 18.5. The van der Waals surface area contributed by atoms with Crippen LogP contribution in [0.15, 0.2) is 30.3 Å². The van der Waals surface area contributed by atoms with Gasteiger partial charge in [-0.25, -0.2) is 4.79 Å². The van der Waals surface area contributed by atoms with E-state index in [0.29, 0.717) is 0 Å². The zero-order valence-electron chi connectivity index (χ0n) is 8.82. The molecule has 2 aromatic rings. The lowest BCUT2D eigenvalue weighted by Gasteiger charge is -2.09. The number of aromatic carboxylic acids is 1. The van der Waals surface area contributed by atoms with E-state index in [-0.39, 0.29) is 10.8 Å². The molecule has 0 saturated heterocycles. The van der Waals surface area contributed by atoms with Crippen LogP contribution in [0.3, 0.4) is 0 Å². The minimum absolute atomic E-state index is 0.0653. The van der Waals surface area contributed by atoms with Crippen LogP contribution in [0.1, 0.15) is 15.9 Å². The van der Waals surface area contributed by atoms with E-state index in [2.05, 4.69) is 0 Å². The summed E-state index contributed by atoms with van der Waals surface area (Å²) in [5.41, 5.74) is -1.27. The van der Waals surface area contributed by atoms with Crippen LogP contribution in [0, 0.1) is 0 Å². The Balaban J connectivity index is 2.75. The topological polar surface area (TPSA) is 57.5 Å². The van der Waals surface area contributed by atoms with Gasteiger partial charge in [-0.2, -0.15) is 13.2 Å². The molecular weight excluding hydrogens is 249 g/mol. The predicted octanol–water partition coefficient (Wildman–Crippen LogP) is 3.26. The number of carboxylic acids is 1. The van der Waals surface area contributed by atoms with Crippen molar-refractivity contribution in [1.82, 2.24) is 0 Å². The number of carbonyl (C=O) groups is 1. The largest absolute Gasteiger partial charge is 0.507 e. The van der Waals surface area contributed by atoms with Crippen LogP contribution < -0.4 is 0 Å². The van der Waals surface area contributed by atoms with Crippen molar-refractivity contribution < 1.29 is 28.2 Å². The molecule has 0 heterocycles. The molecule has 3 nitrogen and oxygen atoms in total. The van der Waals surface area contributed by atoms with Crippen molar-refractivity contribution in [2.75, 3.05) is 0 Å². The van der Waals surface area contributed by atoms with Crippen LogP contribution in [-0.4, -0.2) is 16.2 Å². The molecule has 0 saturated carbocycles. The number of benzene rings is 2. The monoisotopic (exact) mass is 256 g/mol. The van der Waals surface area contributed by atoms with E-state index in [1.54, 1.807) is 0 Å². The predicted molar refractivity (Wildman–Crippen MR) is 57.6 cm³/mol. The first-order valence-corrected chi connectivity index (χ1v) is 4.87. The van der Waals surface area contributed by atoms with Crippen LogP contribution in [0.4, 0.5) is 13.2 Å². The second-order valence-corrected chi connectivity index (χ2v) is 3.70. The highest BCUT2D eigenvalue weighted by atomic mass is 19.4. The fourth-order valence-electron chi connectivity index (χ4n) is 1.72. The molecule has 0 atom stereocenters. The summed E-state index contributed by atoms with van der Waals surface area (Å²) < 4.78 is 37.5. The summed E-state index contributed by atoms with van der Waals surface area (Å²) in [6.07, 6.45) is -4.49. The van der Waals surface area contributed by atoms with Crippen LogP contribution >= 0.6 is 0 Å². The molecule has 0 aliphatic rings. The Morgan fingerprint density at radius 2 is 1.78 bits per heavy atom. The number of aromatic hydroxyl groups is 1. The number of hydrogen-bond acceptors (Lipinski definition) is 2. The fourth-order valence-corrected chi connectivity index (χ4v) is 1.72. The molecule has 94 valence electrons. The Bertz CT molecular complexity index is 632. The highest BCUT2D eigenvalue weighted by Gasteiger charge is 2.30. The van der Waals surface area contributed by atoms with E-state index in [1.165, 1.54) is 6.07 Å². The first-order chi connectivity index (χ1) is 8.30. The van der Waals surface area contributed by atoms with Crippen molar-refractivity contribution in [2.24, 2.45) is 0 Å². The standard InChI is InChI=1S/C12H7F3O3/c13-12(14,15)7-2-3-8-6(5-7)1-4-9(16)10(8)11(17)18/h1-5,16H,(H,17,18). The average molecular weight is 256 g/mol. The summed E-state index contributed by atoms with van der Waals surface area (Å²) >= 11 is 0. The number of alkyl halides is 3. The van der Waals surface area contributed by atoms with Gasteiger partial charge in [0, 0.05) is 0 Å². The molecule has 0 bridgehead atoms. The third kappa shape index (κ3) is 1.97. The molecule has 0 unspecified atom stereocenters. The maximum atomic E-state index is 12.5. The zero-order chi connectivity index (χ0) is 13.5. The number of hydrogen-bond donors (Lipinski definition) is 2. The molecule has 0 spiro atoms. The maximum Gasteiger partial charge on any atom is 0.416 e. The summed E-state index contributed by atoms with van der Waals surface area (Å²) in [7, 11) is 0. The Kier molecular flexibility index (Phi) is 2.65. The minimum atomic E-state index is -4.49. The Morgan fingerprint density at radius 3 is 2.33 bits per heavy atom. The number of phenols is 1. The normalized spacial score (nSPS) is 11.7. The molecule has 0 fully saturated rings. The molecule has 0 aliphatic carbocycles. The first-order valence-electron chi connectivity index (χ1n) is 4.87. The Hall–Kier alpha value is -2.24. The quantitative estimate of drug-likeness (QED) is 0.823. The van der Waals surface area contributed by atoms with Crippen LogP contribution in [0.5, 0.6) is 5.75 Å². The van der Waals surface area contributed by atoms with Gasteiger partial charge in [0.05, 0.1) is 5.56 Å². The minimum Gasteiger partial charge on any atom is -0.507 e. The first kappa shape index (κ1) is 12.2. The van der Waals surface area contributed by atoms with Gasteiger partial charge >= 0.3 is 12.1 Å². The molecule has 2 N–H and O–H groups in total. The van der Waals surface area contributed by atoms with Gasteiger partial charge < -0.3 is 10.2 Å². The van der Waals surface area contributed by atoms with Gasteiger partial charge in [0.2, 0.25) is 0 Å². The van der Waals surface area contributed by atoms with Gasteiger partial charge in [-0.15, -0.1) is 0 Å². The van der Waals surface area contributed by atoms with Gasteiger partial charge in [0.1, 0.15) is 11.3 Å². The van der Waals surface area contributed by atoms with Crippen molar-refractivity contribution in [3.8, 4) is 5.75 Å². The lowest BCUT2D eigenvalue weighted by atomic mass is 10.0. The molecule has 6 heteroatoms. The van der Waals surface area contributed by atoms with Crippen molar-refractivity contribution in [2.45, 2.75) is 6.18 Å². The second kappa shape index (κ2) is 3.90. The van der Waals surface area contributed by atoms with Crippen molar-refractivity contribution in [1.29, 1.82) is 0 Å². The highest BCUT2D eigenvalue weighted by molar-refractivity contribution is 6.06. The summed E-state index contributed by atoms with van der Waals surface area (Å²) in [6, 6.07) is 4.98. The molecule has 0 aliphatic heterocycles. The van der Waals surface area contributed by atoms with E-state index < -0.39 is 29.0 Å². The van der Waals surface area contributed by atoms with Gasteiger partial charge in [-0.3, -0.25) is 0 Å². The van der Waals surface area contributed by atoms with E-state index in [1.807, 2.05) is 0 Å². The maximum absolute atomic E-state index is 12.5. The Labute approximate surface area is 99.1 Å². The lowest BCUT2D eigenvalue weighted by molar-refractivity contribution is -0.137. The summed E-state index contributed by atoms with van der Waals surface area (Å²) in [6.45, 7) is 0. The second-order valence-electron chi connectivity index (χ2n) is 3.70. The number of halogens is 3.